The predicted molar refractivity (Wildman–Crippen MR) is 51.9 cm³/mol. The number of hydrogen-bond acceptors (Lipinski definition) is 2. The number of hydrogen-bond donors (Lipinski definition) is 1. The van der Waals surface area contributed by atoms with E-state index in [1.165, 1.54) is 4.88 Å². The number of carbonyl (C=O) groups is 1. The van der Waals surface area contributed by atoms with E-state index in [2.05, 4.69) is 6.07 Å². The monoisotopic (exact) mass is 196 g/mol. The van der Waals surface area contributed by atoms with Crippen molar-refractivity contribution in [3.05, 3.63) is 22.4 Å². The Morgan fingerprint density at radius 1 is 1.62 bits per heavy atom. The lowest BCUT2D eigenvalue weighted by Gasteiger charge is -2.07. The summed E-state index contributed by atoms with van der Waals surface area (Å²) in [6.45, 7) is 0. The highest BCUT2D eigenvalue weighted by Gasteiger charge is 2.49. The fourth-order valence-electron chi connectivity index (χ4n) is 1.54. The Balaban J connectivity index is 1.90. The highest BCUT2D eigenvalue weighted by Crippen LogP contribution is 2.49. The third kappa shape index (κ3) is 1.75. The number of carboxylic acids is 1. The number of aliphatic carboxylic acids is 1. The van der Waals surface area contributed by atoms with Crippen molar-refractivity contribution in [3.63, 3.8) is 0 Å². The maximum Gasteiger partial charge on any atom is 0.309 e. The summed E-state index contributed by atoms with van der Waals surface area (Å²) < 4.78 is 0. The second kappa shape index (κ2) is 3.14. The van der Waals surface area contributed by atoms with Gasteiger partial charge in [0.1, 0.15) is 0 Å². The standard InChI is InChI=1S/C10H12O2S/c11-9(12)10(5-6-10)4-3-8-2-1-7-13-8/h1-2,7H,3-6H2,(H,11,12). The molecule has 1 N–H and O–H groups in total. The van der Waals surface area contributed by atoms with Crippen LogP contribution < -0.4 is 0 Å². The van der Waals surface area contributed by atoms with E-state index in [1.807, 2.05) is 11.4 Å². The van der Waals surface area contributed by atoms with Crippen molar-refractivity contribution in [2.45, 2.75) is 25.7 Å². The molecule has 0 atom stereocenters. The number of rotatable bonds is 4. The Hall–Kier alpha value is -0.830. The average molecular weight is 196 g/mol. The van der Waals surface area contributed by atoms with Crippen LogP contribution in [0.2, 0.25) is 0 Å². The minimum Gasteiger partial charge on any atom is -0.481 e. The van der Waals surface area contributed by atoms with Crippen molar-refractivity contribution in [3.8, 4) is 0 Å². The van der Waals surface area contributed by atoms with Crippen molar-refractivity contribution in [2.75, 3.05) is 0 Å². The summed E-state index contributed by atoms with van der Waals surface area (Å²) in [5.41, 5.74) is -0.357. The van der Waals surface area contributed by atoms with Crippen LogP contribution in [0.1, 0.15) is 24.1 Å². The van der Waals surface area contributed by atoms with Gasteiger partial charge in [0, 0.05) is 4.88 Å². The van der Waals surface area contributed by atoms with Crippen LogP contribution in [-0.4, -0.2) is 11.1 Å². The molecule has 2 nitrogen and oxygen atoms in total. The van der Waals surface area contributed by atoms with Gasteiger partial charge in [0.05, 0.1) is 5.41 Å². The van der Waals surface area contributed by atoms with Gasteiger partial charge in [0.2, 0.25) is 0 Å². The van der Waals surface area contributed by atoms with E-state index in [0.29, 0.717) is 0 Å². The Labute approximate surface area is 81.2 Å². The lowest BCUT2D eigenvalue weighted by molar-refractivity contribution is -0.143. The van der Waals surface area contributed by atoms with Crippen molar-refractivity contribution >= 4 is 17.3 Å². The van der Waals surface area contributed by atoms with Gasteiger partial charge in [-0.05, 0) is 37.1 Å². The Kier molecular flexibility index (Phi) is 2.12. The lowest BCUT2D eigenvalue weighted by atomic mass is 10.0. The zero-order valence-electron chi connectivity index (χ0n) is 7.32. The molecule has 0 spiro atoms. The number of thiophene rings is 1. The summed E-state index contributed by atoms with van der Waals surface area (Å²) in [5, 5.41) is 11.0. The van der Waals surface area contributed by atoms with Gasteiger partial charge in [-0.2, -0.15) is 0 Å². The second-order valence-corrected chi connectivity index (χ2v) is 4.70. The van der Waals surface area contributed by atoms with Crippen LogP contribution >= 0.6 is 11.3 Å². The molecule has 1 aromatic heterocycles. The SMILES string of the molecule is O=C(O)C1(CCc2cccs2)CC1. The van der Waals surface area contributed by atoms with Gasteiger partial charge in [-0.1, -0.05) is 6.07 Å². The molecule has 1 fully saturated rings. The lowest BCUT2D eigenvalue weighted by Crippen LogP contribution is -2.15. The van der Waals surface area contributed by atoms with Crippen molar-refractivity contribution < 1.29 is 9.90 Å². The Morgan fingerprint density at radius 2 is 2.38 bits per heavy atom. The van der Waals surface area contributed by atoms with E-state index >= 15 is 0 Å². The molecule has 0 saturated heterocycles. The molecule has 0 radical (unpaired) electrons. The van der Waals surface area contributed by atoms with Gasteiger partial charge >= 0.3 is 5.97 Å². The van der Waals surface area contributed by atoms with Crippen LogP contribution in [0.15, 0.2) is 17.5 Å². The maximum atomic E-state index is 10.8. The molecule has 0 aromatic carbocycles. The number of aryl methyl sites for hydroxylation is 1. The van der Waals surface area contributed by atoms with Crippen molar-refractivity contribution in [1.29, 1.82) is 0 Å². The molecule has 2 rings (SSSR count). The molecule has 1 aliphatic carbocycles. The summed E-state index contributed by atoms with van der Waals surface area (Å²) in [6.07, 6.45) is 3.47. The van der Waals surface area contributed by atoms with Gasteiger partial charge in [-0.25, -0.2) is 0 Å². The fraction of sp³-hybridized carbons (Fsp3) is 0.500. The minimum absolute atomic E-state index is 0.357. The summed E-state index contributed by atoms with van der Waals surface area (Å²) in [4.78, 5) is 12.1. The zero-order valence-corrected chi connectivity index (χ0v) is 8.14. The molecular weight excluding hydrogens is 184 g/mol. The molecule has 1 heterocycles. The first-order valence-corrected chi connectivity index (χ1v) is 5.37. The molecule has 0 bridgehead atoms. The first-order valence-electron chi connectivity index (χ1n) is 4.49. The minimum atomic E-state index is -0.607. The van der Waals surface area contributed by atoms with Gasteiger partial charge < -0.3 is 5.11 Å². The van der Waals surface area contributed by atoms with Crippen molar-refractivity contribution in [2.24, 2.45) is 5.41 Å². The van der Waals surface area contributed by atoms with Gasteiger partial charge in [0.15, 0.2) is 0 Å². The highest BCUT2D eigenvalue weighted by molar-refractivity contribution is 7.09. The van der Waals surface area contributed by atoms with E-state index in [9.17, 15) is 4.79 Å². The first kappa shape index (κ1) is 8.75. The van der Waals surface area contributed by atoms with E-state index in [0.717, 1.165) is 25.7 Å². The second-order valence-electron chi connectivity index (χ2n) is 3.66. The van der Waals surface area contributed by atoms with Crippen LogP contribution in [0, 0.1) is 5.41 Å². The molecule has 13 heavy (non-hydrogen) atoms. The molecule has 3 heteroatoms. The number of carboxylic acid groups (broad SMARTS) is 1. The molecule has 0 amide bonds. The molecule has 0 aliphatic heterocycles. The van der Waals surface area contributed by atoms with Gasteiger partial charge in [0.25, 0.3) is 0 Å². The fourth-order valence-corrected chi connectivity index (χ4v) is 2.25. The van der Waals surface area contributed by atoms with Gasteiger partial charge in [-0.15, -0.1) is 11.3 Å². The smallest absolute Gasteiger partial charge is 0.309 e. The maximum absolute atomic E-state index is 10.8. The van der Waals surface area contributed by atoms with Crippen LogP contribution in [0.5, 0.6) is 0 Å². The summed E-state index contributed by atoms with van der Waals surface area (Å²) in [6, 6.07) is 4.09. The average Bonchev–Trinajstić information content (AvgIpc) is 2.73. The molecular formula is C10H12O2S. The van der Waals surface area contributed by atoms with Crippen LogP contribution in [0.3, 0.4) is 0 Å². The van der Waals surface area contributed by atoms with E-state index in [4.69, 9.17) is 5.11 Å². The van der Waals surface area contributed by atoms with Crippen LogP contribution in [0.25, 0.3) is 0 Å². The summed E-state index contributed by atoms with van der Waals surface area (Å²) in [7, 11) is 0. The molecule has 1 aromatic rings. The normalized spacial score (nSPS) is 18.5. The topological polar surface area (TPSA) is 37.3 Å². The highest BCUT2D eigenvalue weighted by atomic mass is 32.1. The molecule has 1 saturated carbocycles. The largest absolute Gasteiger partial charge is 0.481 e. The van der Waals surface area contributed by atoms with Crippen LogP contribution in [0.4, 0.5) is 0 Å². The third-order valence-corrected chi connectivity index (χ3v) is 3.67. The summed E-state index contributed by atoms with van der Waals surface area (Å²) in [5.74, 6) is -0.607. The first-order chi connectivity index (χ1) is 6.23. The Bertz CT molecular complexity index is 299. The van der Waals surface area contributed by atoms with E-state index < -0.39 is 5.97 Å². The van der Waals surface area contributed by atoms with E-state index in [-0.39, 0.29) is 5.41 Å². The quantitative estimate of drug-likeness (QED) is 0.803. The zero-order chi connectivity index (χ0) is 9.31. The van der Waals surface area contributed by atoms with Crippen molar-refractivity contribution in [1.82, 2.24) is 0 Å². The molecule has 0 unspecified atom stereocenters. The van der Waals surface area contributed by atoms with Gasteiger partial charge in [-0.3, -0.25) is 4.79 Å². The Morgan fingerprint density at radius 3 is 2.85 bits per heavy atom. The molecule has 1 aliphatic rings. The summed E-state index contributed by atoms with van der Waals surface area (Å²) >= 11 is 1.71. The molecule has 70 valence electrons. The van der Waals surface area contributed by atoms with E-state index in [1.54, 1.807) is 11.3 Å². The van der Waals surface area contributed by atoms with Crippen LogP contribution in [-0.2, 0) is 11.2 Å². The third-order valence-electron chi connectivity index (χ3n) is 2.74. The predicted octanol–water partition coefficient (Wildman–Crippen LogP) is 2.55.